The van der Waals surface area contributed by atoms with Gasteiger partial charge < -0.3 is 14.6 Å². The van der Waals surface area contributed by atoms with E-state index in [2.05, 4.69) is 15.0 Å². The molecule has 1 aliphatic rings. The van der Waals surface area contributed by atoms with Gasteiger partial charge in [0.15, 0.2) is 0 Å². The molecule has 5 heteroatoms. The number of ether oxygens (including phenoxy) is 1. The van der Waals surface area contributed by atoms with E-state index in [-0.39, 0.29) is 24.0 Å². The molecule has 1 aliphatic heterocycles. The standard InChI is InChI=1S/C12H18N2O3/c1-12(2)8-10(3-5-16-12)13-11(15)7-9-4-6-17-14-9/h4,6,10H,3,5,7-8H2,1-2H3,(H,13,15). The highest BCUT2D eigenvalue weighted by molar-refractivity contribution is 5.78. The van der Waals surface area contributed by atoms with E-state index in [0.29, 0.717) is 12.3 Å². The Morgan fingerprint density at radius 2 is 2.47 bits per heavy atom. The van der Waals surface area contributed by atoms with Gasteiger partial charge >= 0.3 is 0 Å². The number of carbonyl (C=O) groups excluding carboxylic acids is 1. The molecule has 0 spiro atoms. The summed E-state index contributed by atoms with van der Waals surface area (Å²) in [7, 11) is 0. The van der Waals surface area contributed by atoms with Crippen molar-refractivity contribution in [3.05, 3.63) is 18.0 Å². The second-order valence-corrected chi connectivity index (χ2v) is 5.03. The number of aromatic nitrogens is 1. The fraction of sp³-hybridized carbons (Fsp3) is 0.667. The van der Waals surface area contributed by atoms with Gasteiger partial charge in [-0.3, -0.25) is 4.79 Å². The molecule has 1 atom stereocenters. The van der Waals surface area contributed by atoms with Gasteiger partial charge in [0.05, 0.1) is 17.7 Å². The number of carbonyl (C=O) groups is 1. The number of rotatable bonds is 3. The van der Waals surface area contributed by atoms with Crippen molar-refractivity contribution < 1.29 is 14.1 Å². The maximum absolute atomic E-state index is 11.8. The summed E-state index contributed by atoms with van der Waals surface area (Å²) in [5.41, 5.74) is 0.512. The Morgan fingerprint density at radius 1 is 1.65 bits per heavy atom. The fourth-order valence-corrected chi connectivity index (χ4v) is 2.13. The largest absolute Gasteiger partial charge is 0.375 e. The fourth-order valence-electron chi connectivity index (χ4n) is 2.13. The number of hydrogen-bond donors (Lipinski definition) is 1. The second-order valence-electron chi connectivity index (χ2n) is 5.03. The van der Waals surface area contributed by atoms with E-state index in [0.717, 1.165) is 12.8 Å². The first-order valence-corrected chi connectivity index (χ1v) is 5.88. The molecule has 0 radical (unpaired) electrons. The van der Waals surface area contributed by atoms with E-state index in [9.17, 15) is 4.79 Å². The molecule has 94 valence electrons. The summed E-state index contributed by atoms with van der Waals surface area (Å²) in [5, 5.41) is 6.73. The zero-order valence-corrected chi connectivity index (χ0v) is 10.2. The molecule has 0 aromatic carbocycles. The Morgan fingerprint density at radius 3 is 3.12 bits per heavy atom. The van der Waals surface area contributed by atoms with Gasteiger partial charge in [0.2, 0.25) is 5.91 Å². The van der Waals surface area contributed by atoms with Gasteiger partial charge in [0.25, 0.3) is 0 Å². The topological polar surface area (TPSA) is 64.4 Å². The molecular weight excluding hydrogens is 220 g/mol. The molecule has 5 nitrogen and oxygen atoms in total. The smallest absolute Gasteiger partial charge is 0.226 e. The van der Waals surface area contributed by atoms with Gasteiger partial charge in [-0.1, -0.05) is 5.16 Å². The van der Waals surface area contributed by atoms with Crippen molar-refractivity contribution in [2.24, 2.45) is 0 Å². The number of nitrogens with one attached hydrogen (secondary N) is 1. The van der Waals surface area contributed by atoms with Crippen molar-refractivity contribution in [1.82, 2.24) is 10.5 Å². The van der Waals surface area contributed by atoms with Crippen LogP contribution in [0.1, 0.15) is 32.4 Å². The van der Waals surface area contributed by atoms with Crippen LogP contribution in [0.2, 0.25) is 0 Å². The zero-order chi connectivity index (χ0) is 12.3. The average Bonchev–Trinajstić information content (AvgIpc) is 2.68. The number of amides is 1. The first kappa shape index (κ1) is 12.1. The van der Waals surface area contributed by atoms with Gasteiger partial charge in [-0.15, -0.1) is 0 Å². The van der Waals surface area contributed by atoms with Crippen LogP contribution in [-0.2, 0) is 16.0 Å². The van der Waals surface area contributed by atoms with Gasteiger partial charge in [0.1, 0.15) is 6.26 Å². The van der Waals surface area contributed by atoms with Crippen molar-refractivity contribution in [3.63, 3.8) is 0 Å². The maximum Gasteiger partial charge on any atom is 0.226 e. The molecule has 17 heavy (non-hydrogen) atoms. The summed E-state index contributed by atoms with van der Waals surface area (Å²) in [6.45, 7) is 4.79. The summed E-state index contributed by atoms with van der Waals surface area (Å²) in [4.78, 5) is 11.8. The van der Waals surface area contributed by atoms with Gasteiger partial charge in [-0.2, -0.15) is 0 Å². The maximum atomic E-state index is 11.8. The molecule has 2 rings (SSSR count). The van der Waals surface area contributed by atoms with Gasteiger partial charge in [0, 0.05) is 18.7 Å². The van der Waals surface area contributed by atoms with Crippen molar-refractivity contribution in [2.75, 3.05) is 6.61 Å². The Bertz CT molecular complexity index is 373. The highest BCUT2D eigenvalue weighted by atomic mass is 16.5. The predicted molar refractivity (Wildman–Crippen MR) is 61.4 cm³/mol. The molecular formula is C12H18N2O3. The summed E-state index contributed by atoms with van der Waals surface area (Å²) >= 11 is 0. The van der Waals surface area contributed by atoms with E-state index in [1.54, 1.807) is 6.07 Å². The molecule has 1 fully saturated rings. The van der Waals surface area contributed by atoms with Crippen molar-refractivity contribution >= 4 is 5.91 Å². The van der Waals surface area contributed by atoms with Crippen molar-refractivity contribution in [1.29, 1.82) is 0 Å². The summed E-state index contributed by atoms with van der Waals surface area (Å²) in [6, 6.07) is 1.89. The van der Waals surface area contributed by atoms with Gasteiger partial charge in [-0.05, 0) is 26.7 Å². The van der Waals surface area contributed by atoms with Crippen LogP contribution in [-0.4, -0.2) is 29.3 Å². The summed E-state index contributed by atoms with van der Waals surface area (Å²) in [5.74, 6) is -0.0124. The zero-order valence-electron chi connectivity index (χ0n) is 10.2. The molecule has 0 bridgehead atoms. The highest BCUT2D eigenvalue weighted by Crippen LogP contribution is 2.23. The lowest BCUT2D eigenvalue weighted by atomic mass is 9.94. The van der Waals surface area contributed by atoms with Crippen LogP contribution in [0, 0.1) is 0 Å². The number of hydrogen-bond acceptors (Lipinski definition) is 4. The lowest BCUT2D eigenvalue weighted by Gasteiger charge is -2.35. The Hall–Kier alpha value is -1.36. The Kier molecular flexibility index (Phi) is 3.47. The average molecular weight is 238 g/mol. The SMILES string of the molecule is CC1(C)CC(NC(=O)Cc2ccon2)CCO1. The van der Waals surface area contributed by atoms with E-state index in [1.807, 2.05) is 13.8 Å². The van der Waals surface area contributed by atoms with E-state index in [4.69, 9.17) is 4.74 Å². The van der Waals surface area contributed by atoms with Crippen molar-refractivity contribution in [3.8, 4) is 0 Å². The normalized spacial score (nSPS) is 23.3. The van der Waals surface area contributed by atoms with Crippen LogP contribution < -0.4 is 5.32 Å². The lowest BCUT2D eigenvalue weighted by molar-refractivity contribution is -0.123. The summed E-state index contributed by atoms with van der Waals surface area (Å²) in [6.07, 6.45) is 3.46. The molecule has 1 N–H and O–H groups in total. The highest BCUT2D eigenvalue weighted by Gasteiger charge is 2.29. The summed E-state index contributed by atoms with van der Waals surface area (Å²) < 4.78 is 10.3. The first-order chi connectivity index (χ1) is 8.05. The van der Waals surface area contributed by atoms with Gasteiger partial charge in [-0.25, -0.2) is 0 Å². The molecule has 0 aliphatic carbocycles. The molecule has 1 amide bonds. The van der Waals surface area contributed by atoms with Crippen molar-refractivity contribution in [2.45, 2.75) is 44.8 Å². The molecule has 1 saturated heterocycles. The van der Waals surface area contributed by atoms with E-state index < -0.39 is 0 Å². The number of nitrogens with zero attached hydrogens (tertiary/aromatic N) is 1. The van der Waals surface area contributed by atoms with Crippen LogP contribution in [0.3, 0.4) is 0 Å². The molecule has 1 aromatic heterocycles. The first-order valence-electron chi connectivity index (χ1n) is 5.88. The molecule has 1 unspecified atom stereocenters. The minimum atomic E-state index is -0.149. The van der Waals surface area contributed by atoms with E-state index in [1.165, 1.54) is 6.26 Å². The minimum Gasteiger partial charge on any atom is -0.375 e. The third-order valence-corrected chi connectivity index (χ3v) is 2.90. The molecule has 1 aromatic rings. The predicted octanol–water partition coefficient (Wildman–Crippen LogP) is 1.29. The Labute approximate surface area is 101 Å². The van der Waals surface area contributed by atoms with Crippen LogP contribution in [0.25, 0.3) is 0 Å². The van der Waals surface area contributed by atoms with Crippen LogP contribution >= 0.6 is 0 Å². The molecule has 0 saturated carbocycles. The minimum absolute atomic E-state index is 0.0124. The monoisotopic (exact) mass is 238 g/mol. The molecule has 2 heterocycles. The lowest BCUT2D eigenvalue weighted by Crippen LogP contribution is -2.46. The quantitative estimate of drug-likeness (QED) is 0.861. The van der Waals surface area contributed by atoms with Crippen LogP contribution in [0.4, 0.5) is 0 Å². The Balaban J connectivity index is 1.82. The van der Waals surface area contributed by atoms with Crippen LogP contribution in [0.5, 0.6) is 0 Å². The third kappa shape index (κ3) is 3.56. The van der Waals surface area contributed by atoms with Crippen LogP contribution in [0.15, 0.2) is 16.9 Å². The van der Waals surface area contributed by atoms with E-state index >= 15 is 0 Å². The third-order valence-electron chi connectivity index (χ3n) is 2.90. The second kappa shape index (κ2) is 4.87.